The number of rotatable bonds is 3. The van der Waals surface area contributed by atoms with Crippen LogP contribution in [-0.4, -0.2) is 36.3 Å². The smallest absolute Gasteiger partial charge is 0.118 e. The molecule has 0 amide bonds. The minimum absolute atomic E-state index is 0.134. The largest absolute Gasteiger partial charge is 0.497 e. The van der Waals surface area contributed by atoms with Gasteiger partial charge in [-0.05, 0) is 24.6 Å². The summed E-state index contributed by atoms with van der Waals surface area (Å²) in [5.74, 6) is 0.884. The average molecular weight is 207 g/mol. The summed E-state index contributed by atoms with van der Waals surface area (Å²) in [7, 11) is 1.67. The highest BCUT2D eigenvalue weighted by Gasteiger charge is 2.28. The number of β-amino-alcohol motifs (C(OH)–C–C–N with tert-alkyl or cyclic N) is 1. The van der Waals surface area contributed by atoms with Crippen LogP contribution >= 0.6 is 0 Å². The standard InChI is InChI=1S/C12H17NO2/c1-9(13-7-11(14)8-13)10-3-5-12(15-2)6-4-10/h3-6,9,11,14H,7-8H2,1-2H3/t9-/m0/s1. The van der Waals surface area contributed by atoms with Gasteiger partial charge >= 0.3 is 0 Å². The van der Waals surface area contributed by atoms with Gasteiger partial charge in [-0.15, -0.1) is 0 Å². The van der Waals surface area contributed by atoms with Crippen molar-refractivity contribution in [1.29, 1.82) is 0 Å². The molecule has 0 aliphatic carbocycles. The van der Waals surface area contributed by atoms with Gasteiger partial charge in [-0.2, -0.15) is 0 Å². The lowest BCUT2D eigenvalue weighted by atomic mass is 10.0. The lowest BCUT2D eigenvalue weighted by molar-refractivity contribution is -0.0211. The summed E-state index contributed by atoms with van der Waals surface area (Å²) in [5.41, 5.74) is 1.27. The molecular weight excluding hydrogens is 190 g/mol. The Labute approximate surface area is 90.3 Å². The molecule has 1 fully saturated rings. The molecule has 3 heteroatoms. The summed E-state index contributed by atoms with van der Waals surface area (Å²) >= 11 is 0. The van der Waals surface area contributed by atoms with E-state index in [1.165, 1.54) is 5.56 Å². The van der Waals surface area contributed by atoms with Crippen LogP contribution in [0.5, 0.6) is 5.75 Å². The van der Waals surface area contributed by atoms with Crippen LogP contribution in [0.1, 0.15) is 18.5 Å². The van der Waals surface area contributed by atoms with Gasteiger partial charge < -0.3 is 9.84 Å². The second-order valence-electron chi connectivity index (χ2n) is 4.06. The molecule has 1 aromatic carbocycles. The first-order valence-electron chi connectivity index (χ1n) is 5.27. The molecule has 0 bridgehead atoms. The molecule has 1 heterocycles. The zero-order chi connectivity index (χ0) is 10.8. The zero-order valence-electron chi connectivity index (χ0n) is 9.18. The molecule has 3 nitrogen and oxygen atoms in total. The van der Waals surface area contributed by atoms with E-state index in [9.17, 15) is 5.11 Å². The van der Waals surface area contributed by atoms with E-state index in [1.54, 1.807) is 7.11 Å². The first kappa shape index (κ1) is 10.5. The fraction of sp³-hybridized carbons (Fsp3) is 0.500. The topological polar surface area (TPSA) is 32.7 Å². The molecule has 0 saturated carbocycles. The van der Waals surface area contributed by atoms with Gasteiger partial charge in [0.05, 0.1) is 13.2 Å². The third-order valence-corrected chi connectivity index (χ3v) is 3.04. The lowest BCUT2D eigenvalue weighted by Crippen LogP contribution is -2.51. The van der Waals surface area contributed by atoms with E-state index >= 15 is 0 Å². The van der Waals surface area contributed by atoms with Gasteiger partial charge in [0.15, 0.2) is 0 Å². The van der Waals surface area contributed by atoms with E-state index in [-0.39, 0.29) is 6.10 Å². The molecule has 1 aromatic rings. The Balaban J connectivity index is 2.02. The monoisotopic (exact) mass is 207 g/mol. The number of benzene rings is 1. The maximum atomic E-state index is 9.23. The number of likely N-dealkylation sites (tertiary alicyclic amines) is 1. The first-order chi connectivity index (χ1) is 7.20. The number of hydrogen-bond acceptors (Lipinski definition) is 3. The van der Waals surface area contributed by atoms with E-state index in [0.29, 0.717) is 6.04 Å². The molecule has 0 aromatic heterocycles. The minimum atomic E-state index is -0.134. The molecule has 1 aliphatic rings. The van der Waals surface area contributed by atoms with Gasteiger partial charge in [0.25, 0.3) is 0 Å². The van der Waals surface area contributed by atoms with Gasteiger partial charge in [0.1, 0.15) is 5.75 Å². The van der Waals surface area contributed by atoms with E-state index in [1.807, 2.05) is 12.1 Å². The molecule has 2 rings (SSSR count). The summed E-state index contributed by atoms with van der Waals surface area (Å²) in [5, 5.41) is 9.23. The highest BCUT2D eigenvalue weighted by molar-refractivity contribution is 5.29. The predicted octanol–water partition coefficient (Wildman–Crippen LogP) is 1.43. The van der Waals surface area contributed by atoms with Crippen molar-refractivity contribution in [2.45, 2.75) is 19.1 Å². The minimum Gasteiger partial charge on any atom is -0.497 e. The van der Waals surface area contributed by atoms with Crippen LogP contribution in [0.2, 0.25) is 0 Å². The number of methoxy groups -OCH3 is 1. The summed E-state index contributed by atoms with van der Waals surface area (Å²) < 4.78 is 5.11. The second-order valence-corrected chi connectivity index (χ2v) is 4.06. The average Bonchev–Trinajstić information content (AvgIpc) is 2.24. The molecule has 1 atom stereocenters. The Bertz CT molecular complexity index is 317. The molecular formula is C12H17NO2. The van der Waals surface area contributed by atoms with Gasteiger partial charge in [0.2, 0.25) is 0 Å². The SMILES string of the molecule is COc1ccc([C@H](C)N2CC(O)C2)cc1. The van der Waals surface area contributed by atoms with Gasteiger partial charge in [-0.25, -0.2) is 0 Å². The van der Waals surface area contributed by atoms with Gasteiger partial charge in [-0.3, -0.25) is 4.90 Å². The molecule has 82 valence electrons. The molecule has 15 heavy (non-hydrogen) atoms. The van der Waals surface area contributed by atoms with Crippen molar-refractivity contribution < 1.29 is 9.84 Å². The molecule has 0 spiro atoms. The van der Waals surface area contributed by atoms with Crippen molar-refractivity contribution >= 4 is 0 Å². The third kappa shape index (κ3) is 2.13. The van der Waals surface area contributed by atoms with E-state index in [4.69, 9.17) is 4.74 Å². The number of aliphatic hydroxyl groups is 1. The number of hydrogen-bond donors (Lipinski definition) is 1. The summed E-state index contributed by atoms with van der Waals surface area (Å²) in [6.07, 6.45) is -0.134. The van der Waals surface area contributed by atoms with Crippen LogP contribution in [0, 0.1) is 0 Å². The van der Waals surface area contributed by atoms with Gasteiger partial charge in [0, 0.05) is 19.1 Å². The Morgan fingerprint density at radius 2 is 1.93 bits per heavy atom. The molecule has 0 unspecified atom stereocenters. The van der Waals surface area contributed by atoms with Crippen LogP contribution in [-0.2, 0) is 0 Å². The normalized spacial score (nSPS) is 19.7. The Kier molecular flexibility index (Phi) is 2.93. The Hall–Kier alpha value is -1.06. The van der Waals surface area contributed by atoms with Crippen LogP contribution in [0.3, 0.4) is 0 Å². The van der Waals surface area contributed by atoms with Crippen molar-refractivity contribution in [2.24, 2.45) is 0 Å². The van der Waals surface area contributed by atoms with Crippen molar-refractivity contribution in [3.05, 3.63) is 29.8 Å². The van der Waals surface area contributed by atoms with Gasteiger partial charge in [-0.1, -0.05) is 12.1 Å². The third-order valence-electron chi connectivity index (χ3n) is 3.04. The van der Waals surface area contributed by atoms with Crippen molar-refractivity contribution in [2.75, 3.05) is 20.2 Å². The number of ether oxygens (including phenoxy) is 1. The van der Waals surface area contributed by atoms with Crippen LogP contribution < -0.4 is 4.74 Å². The van der Waals surface area contributed by atoms with Crippen LogP contribution in [0.15, 0.2) is 24.3 Å². The quantitative estimate of drug-likeness (QED) is 0.814. The molecule has 0 radical (unpaired) electrons. The summed E-state index contributed by atoms with van der Waals surface area (Å²) in [4.78, 5) is 2.26. The number of aliphatic hydroxyl groups excluding tert-OH is 1. The lowest BCUT2D eigenvalue weighted by Gasteiger charge is -2.40. The molecule has 1 N–H and O–H groups in total. The van der Waals surface area contributed by atoms with Crippen LogP contribution in [0.25, 0.3) is 0 Å². The summed E-state index contributed by atoms with van der Waals surface area (Å²) in [6, 6.07) is 8.48. The highest BCUT2D eigenvalue weighted by Crippen LogP contribution is 2.26. The van der Waals surface area contributed by atoms with E-state index in [0.717, 1.165) is 18.8 Å². The summed E-state index contributed by atoms with van der Waals surface area (Å²) in [6.45, 7) is 3.73. The van der Waals surface area contributed by atoms with Crippen molar-refractivity contribution in [3.8, 4) is 5.75 Å². The van der Waals surface area contributed by atoms with E-state index in [2.05, 4.69) is 24.0 Å². The Morgan fingerprint density at radius 3 is 2.40 bits per heavy atom. The molecule has 1 saturated heterocycles. The molecule has 1 aliphatic heterocycles. The Morgan fingerprint density at radius 1 is 1.33 bits per heavy atom. The van der Waals surface area contributed by atoms with Crippen LogP contribution in [0.4, 0.5) is 0 Å². The van der Waals surface area contributed by atoms with Crippen molar-refractivity contribution in [3.63, 3.8) is 0 Å². The first-order valence-corrected chi connectivity index (χ1v) is 5.27. The fourth-order valence-corrected chi connectivity index (χ4v) is 1.90. The zero-order valence-corrected chi connectivity index (χ0v) is 9.18. The predicted molar refractivity (Wildman–Crippen MR) is 59.0 cm³/mol. The number of nitrogens with zero attached hydrogens (tertiary/aromatic N) is 1. The highest BCUT2D eigenvalue weighted by atomic mass is 16.5. The second kappa shape index (κ2) is 4.21. The van der Waals surface area contributed by atoms with Crippen molar-refractivity contribution in [1.82, 2.24) is 4.90 Å². The maximum Gasteiger partial charge on any atom is 0.118 e. The van der Waals surface area contributed by atoms with E-state index < -0.39 is 0 Å². The fourth-order valence-electron chi connectivity index (χ4n) is 1.90. The maximum absolute atomic E-state index is 9.23.